The number of rotatable bonds is 4. The van der Waals surface area contributed by atoms with E-state index in [0.29, 0.717) is 12.3 Å². The molecule has 1 aromatic heterocycles. The lowest BCUT2D eigenvalue weighted by molar-refractivity contribution is 0.0520. The first-order valence-corrected chi connectivity index (χ1v) is 5.89. The van der Waals surface area contributed by atoms with E-state index in [9.17, 15) is 4.79 Å². The maximum atomic E-state index is 11.2. The normalized spacial score (nSPS) is 10.0. The van der Waals surface area contributed by atoms with Crippen molar-refractivity contribution in [1.82, 2.24) is 4.98 Å². The molecule has 3 nitrogen and oxygen atoms in total. The molecule has 0 N–H and O–H groups in total. The van der Waals surface area contributed by atoms with Crippen LogP contribution in [0.4, 0.5) is 0 Å². The second-order valence-corrected chi connectivity index (χ2v) is 4.52. The van der Waals surface area contributed by atoms with Crippen molar-refractivity contribution in [3.8, 4) is 0 Å². The third-order valence-electron chi connectivity index (χ3n) is 1.24. The molecule has 0 bridgehead atoms. The maximum Gasteiger partial charge on any atom is 0.357 e. The zero-order valence-electron chi connectivity index (χ0n) is 7.57. The minimum absolute atomic E-state index is 0.332. The van der Waals surface area contributed by atoms with E-state index in [1.165, 1.54) is 11.3 Å². The summed E-state index contributed by atoms with van der Waals surface area (Å²) in [5.41, 5.74) is 0.419. The van der Waals surface area contributed by atoms with Crippen LogP contribution in [0.2, 0.25) is 0 Å². The summed E-state index contributed by atoms with van der Waals surface area (Å²) in [4.78, 5) is 15.3. The Morgan fingerprint density at radius 2 is 2.46 bits per heavy atom. The predicted octanol–water partition coefficient (Wildman–Crippen LogP) is 2.43. The highest BCUT2D eigenvalue weighted by Crippen LogP contribution is 2.22. The summed E-state index contributed by atoms with van der Waals surface area (Å²) in [6.45, 7) is 4.23. The molecule has 0 atom stereocenters. The minimum Gasteiger partial charge on any atom is -0.461 e. The zero-order valence-corrected chi connectivity index (χ0v) is 9.20. The number of hydrogen-bond donors (Lipinski definition) is 0. The summed E-state index contributed by atoms with van der Waals surface area (Å²) >= 11 is 3.11. The fourth-order valence-electron chi connectivity index (χ4n) is 0.746. The molecule has 0 radical (unpaired) electrons. The molecule has 1 heterocycles. The van der Waals surface area contributed by atoms with Crippen LogP contribution >= 0.6 is 23.1 Å². The summed E-state index contributed by atoms with van der Waals surface area (Å²) in [5, 5.41) is 1.73. The molecule has 0 aliphatic rings. The van der Waals surface area contributed by atoms with E-state index in [0.717, 1.165) is 10.1 Å². The zero-order chi connectivity index (χ0) is 9.68. The lowest BCUT2D eigenvalue weighted by atomic mass is 10.5. The number of carbonyl (C=O) groups is 1. The van der Waals surface area contributed by atoms with Crippen molar-refractivity contribution in [3.63, 3.8) is 0 Å². The first-order valence-electron chi connectivity index (χ1n) is 4.03. The van der Waals surface area contributed by atoms with Gasteiger partial charge < -0.3 is 4.74 Å². The summed E-state index contributed by atoms with van der Waals surface area (Å²) < 4.78 is 5.74. The number of carbonyl (C=O) groups excluding carboxylic acids is 1. The molecular formula is C8H11NO2S2. The van der Waals surface area contributed by atoms with E-state index in [1.54, 1.807) is 24.1 Å². The number of aromatic nitrogens is 1. The number of ether oxygens (including phenoxy) is 1. The maximum absolute atomic E-state index is 11.2. The van der Waals surface area contributed by atoms with Crippen LogP contribution in [0.5, 0.6) is 0 Å². The second-order valence-electron chi connectivity index (χ2n) is 2.15. The quantitative estimate of drug-likeness (QED) is 0.573. The fourth-order valence-corrected chi connectivity index (χ4v) is 2.44. The van der Waals surface area contributed by atoms with Gasteiger partial charge in [0.05, 0.1) is 6.61 Å². The van der Waals surface area contributed by atoms with Crippen LogP contribution in [-0.4, -0.2) is 23.3 Å². The molecule has 1 rings (SSSR count). The average Bonchev–Trinajstić information content (AvgIpc) is 2.54. The number of thioether (sulfide) groups is 1. The van der Waals surface area contributed by atoms with Crippen LogP contribution in [0, 0.1) is 0 Å². The van der Waals surface area contributed by atoms with Crippen LogP contribution in [0.3, 0.4) is 0 Å². The smallest absolute Gasteiger partial charge is 0.357 e. The van der Waals surface area contributed by atoms with Gasteiger partial charge in [-0.05, 0) is 12.7 Å². The van der Waals surface area contributed by atoms with Crippen LogP contribution in [0.25, 0.3) is 0 Å². The molecule has 0 fully saturated rings. The van der Waals surface area contributed by atoms with Gasteiger partial charge in [-0.1, -0.05) is 18.7 Å². The van der Waals surface area contributed by atoms with Crippen molar-refractivity contribution < 1.29 is 9.53 Å². The first-order chi connectivity index (χ1) is 6.27. The monoisotopic (exact) mass is 217 g/mol. The van der Waals surface area contributed by atoms with E-state index in [1.807, 2.05) is 0 Å². The molecular weight excluding hydrogens is 206 g/mol. The Morgan fingerprint density at radius 3 is 3.08 bits per heavy atom. The topological polar surface area (TPSA) is 39.2 Å². The van der Waals surface area contributed by atoms with Crippen LogP contribution < -0.4 is 0 Å². The Bertz CT molecular complexity index is 285. The van der Waals surface area contributed by atoms with E-state index in [-0.39, 0.29) is 5.97 Å². The molecule has 0 unspecified atom stereocenters. The van der Waals surface area contributed by atoms with Gasteiger partial charge in [0.1, 0.15) is 0 Å². The van der Waals surface area contributed by atoms with Crippen molar-refractivity contribution >= 4 is 29.1 Å². The molecule has 13 heavy (non-hydrogen) atoms. The molecule has 5 heteroatoms. The molecule has 0 saturated heterocycles. The van der Waals surface area contributed by atoms with Crippen molar-refractivity contribution in [2.24, 2.45) is 0 Å². The van der Waals surface area contributed by atoms with Crippen LogP contribution in [0.15, 0.2) is 9.72 Å². The van der Waals surface area contributed by atoms with Crippen molar-refractivity contribution in [2.75, 3.05) is 12.4 Å². The first kappa shape index (κ1) is 10.5. The van der Waals surface area contributed by atoms with Gasteiger partial charge in [0.2, 0.25) is 0 Å². The van der Waals surface area contributed by atoms with Gasteiger partial charge >= 0.3 is 5.97 Å². The molecule has 0 aliphatic carbocycles. The van der Waals surface area contributed by atoms with Gasteiger partial charge in [-0.3, -0.25) is 0 Å². The van der Waals surface area contributed by atoms with E-state index < -0.39 is 0 Å². The Morgan fingerprint density at radius 1 is 1.69 bits per heavy atom. The molecule has 72 valence electrons. The Balaban J connectivity index is 2.62. The van der Waals surface area contributed by atoms with Crippen LogP contribution in [0.1, 0.15) is 24.3 Å². The summed E-state index contributed by atoms with van der Waals surface area (Å²) in [6, 6.07) is 0. The van der Waals surface area contributed by atoms with Crippen molar-refractivity contribution in [2.45, 2.75) is 18.2 Å². The van der Waals surface area contributed by atoms with E-state index in [4.69, 9.17) is 4.74 Å². The van der Waals surface area contributed by atoms with Gasteiger partial charge in [-0.15, -0.1) is 11.3 Å². The number of nitrogens with zero attached hydrogens (tertiary/aromatic N) is 1. The predicted molar refractivity (Wildman–Crippen MR) is 54.5 cm³/mol. The molecule has 0 amide bonds. The Kier molecular flexibility index (Phi) is 4.24. The molecule has 1 aromatic rings. The lowest BCUT2D eigenvalue weighted by Crippen LogP contribution is -2.04. The largest absolute Gasteiger partial charge is 0.461 e. The number of thiazole rings is 1. The minimum atomic E-state index is -0.332. The third-order valence-corrected chi connectivity index (χ3v) is 3.14. The van der Waals surface area contributed by atoms with Crippen LogP contribution in [-0.2, 0) is 4.74 Å². The SMILES string of the molecule is CCOC(=O)c1csc(SCC)n1. The summed E-state index contributed by atoms with van der Waals surface area (Å²) in [7, 11) is 0. The van der Waals surface area contributed by atoms with Crippen molar-refractivity contribution in [1.29, 1.82) is 0 Å². The standard InChI is InChI=1S/C8H11NO2S2/c1-3-11-7(10)6-5-13-8(9-6)12-4-2/h5H,3-4H2,1-2H3. The number of esters is 1. The summed E-state index contributed by atoms with van der Waals surface area (Å²) in [5.74, 6) is 0.636. The van der Waals surface area contributed by atoms with E-state index in [2.05, 4.69) is 11.9 Å². The number of hydrogen-bond acceptors (Lipinski definition) is 5. The highest BCUT2D eigenvalue weighted by Gasteiger charge is 2.10. The van der Waals surface area contributed by atoms with Gasteiger partial charge in [-0.25, -0.2) is 9.78 Å². The average molecular weight is 217 g/mol. The Labute approximate surface area is 85.5 Å². The van der Waals surface area contributed by atoms with Gasteiger partial charge in [-0.2, -0.15) is 0 Å². The third kappa shape index (κ3) is 3.00. The van der Waals surface area contributed by atoms with Gasteiger partial charge in [0.15, 0.2) is 10.0 Å². The highest BCUT2D eigenvalue weighted by atomic mass is 32.2. The molecule has 0 saturated carbocycles. The highest BCUT2D eigenvalue weighted by molar-refractivity contribution is 8.00. The van der Waals surface area contributed by atoms with Gasteiger partial charge in [0, 0.05) is 5.38 Å². The Hall–Kier alpha value is -0.550. The van der Waals surface area contributed by atoms with E-state index >= 15 is 0 Å². The second kappa shape index (κ2) is 5.24. The summed E-state index contributed by atoms with van der Waals surface area (Å²) in [6.07, 6.45) is 0. The molecule has 0 aromatic carbocycles. The van der Waals surface area contributed by atoms with Crippen molar-refractivity contribution in [3.05, 3.63) is 11.1 Å². The van der Waals surface area contributed by atoms with Gasteiger partial charge in [0.25, 0.3) is 0 Å². The fraction of sp³-hybridized carbons (Fsp3) is 0.500. The molecule has 0 spiro atoms. The molecule has 0 aliphatic heterocycles. The lowest BCUT2D eigenvalue weighted by Gasteiger charge is -1.95.